The van der Waals surface area contributed by atoms with Crippen molar-refractivity contribution < 1.29 is 13.2 Å². The lowest BCUT2D eigenvalue weighted by Gasteiger charge is -2.16. The summed E-state index contributed by atoms with van der Waals surface area (Å²) in [5, 5.41) is 6.37. The summed E-state index contributed by atoms with van der Waals surface area (Å²) in [5.74, 6) is 0.796. The molecule has 3 N–H and O–H groups in total. The number of aliphatic imine (C=N–C) groups is 1. The lowest BCUT2D eigenvalue weighted by atomic mass is 10.2. The van der Waals surface area contributed by atoms with E-state index in [1.54, 1.807) is 24.3 Å². The molecule has 0 aromatic heterocycles. The third kappa shape index (κ3) is 4.97. The summed E-state index contributed by atoms with van der Waals surface area (Å²) < 4.78 is 31.3. The minimum atomic E-state index is -3.47. The Labute approximate surface area is 131 Å². The zero-order valence-corrected chi connectivity index (χ0v) is 13.4. The maximum absolute atomic E-state index is 12.0. The van der Waals surface area contributed by atoms with Crippen molar-refractivity contribution in [2.24, 2.45) is 4.99 Å². The summed E-state index contributed by atoms with van der Waals surface area (Å²) in [6.07, 6.45) is 1.05. The van der Waals surface area contributed by atoms with Gasteiger partial charge in [-0.15, -0.1) is 0 Å². The van der Waals surface area contributed by atoms with Crippen LogP contribution < -0.4 is 15.4 Å². The highest BCUT2D eigenvalue weighted by Gasteiger charge is 2.13. The summed E-state index contributed by atoms with van der Waals surface area (Å²) in [5.41, 5.74) is 0.992. The van der Waals surface area contributed by atoms with Crippen molar-refractivity contribution in [1.29, 1.82) is 0 Å². The molecular weight excluding hydrogens is 304 g/mol. The number of nitrogens with one attached hydrogen (secondary N) is 3. The van der Waals surface area contributed by atoms with Crippen LogP contribution in [0.5, 0.6) is 0 Å². The molecule has 0 atom stereocenters. The van der Waals surface area contributed by atoms with Gasteiger partial charge in [-0.2, -0.15) is 0 Å². The largest absolute Gasteiger partial charge is 0.383 e. The molecule has 122 valence electrons. The van der Waals surface area contributed by atoms with Crippen molar-refractivity contribution in [3.63, 3.8) is 0 Å². The molecule has 0 spiro atoms. The van der Waals surface area contributed by atoms with E-state index in [-0.39, 0.29) is 11.4 Å². The highest BCUT2D eigenvalue weighted by atomic mass is 32.2. The van der Waals surface area contributed by atoms with Crippen LogP contribution in [0.2, 0.25) is 0 Å². The predicted octanol–water partition coefficient (Wildman–Crippen LogP) is 0.0502. The van der Waals surface area contributed by atoms with Crippen LogP contribution in [0.15, 0.2) is 34.2 Å². The van der Waals surface area contributed by atoms with E-state index < -0.39 is 10.0 Å². The van der Waals surface area contributed by atoms with Gasteiger partial charge < -0.3 is 15.4 Å². The first-order valence-electron chi connectivity index (χ1n) is 7.21. The highest BCUT2D eigenvalue weighted by molar-refractivity contribution is 7.89. The van der Waals surface area contributed by atoms with Crippen LogP contribution in [-0.2, 0) is 21.3 Å². The third-order valence-corrected chi connectivity index (χ3v) is 4.67. The van der Waals surface area contributed by atoms with E-state index in [9.17, 15) is 8.42 Å². The molecule has 1 aromatic carbocycles. The van der Waals surface area contributed by atoms with Crippen LogP contribution in [-0.4, -0.2) is 47.7 Å². The second-order valence-corrected chi connectivity index (χ2v) is 6.67. The van der Waals surface area contributed by atoms with Gasteiger partial charge in [-0.05, 0) is 24.1 Å². The molecule has 0 unspecified atom stereocenters. The van der Waals surface area contributed by atoms with Crippen LogP contribution in [0.1, 0.15) is 12.0 Å². The number of guanidine groups is 1. The number of rotatable bonds is 7. The number of hydrogen-bond acceptors (Lipinski definition) is 6. The molecule has 1 aliphatic rings. The molecule has 1 aliphatic heterocycles. The fraction of sp³-hybridized carbons (Fsp3) is 0.500. The van der Waals surface area contributed by atoms with Crippen LogP contribution in [0, 0.1) is 0 Å². The fourth-order valence-electron chi connectivity index (χ4n) is 1.98. The summed E-state index contributed by atoms with van der Waals surface area (Å²) >= 11 is 0. The summed E-state index contributed by atoms with van der Waals surface area (Å²) in [4.78, 5) is 4.57. The Morgan fingerprint density at radius 2 is 2.09 bits per heavy atom. The van der Waals surface area contributed by atoms with Crippen molar-refractivity contribution in [3.05, 3.63) is 29.8 Å². The summed E-state index contributed by atoms with van der Waals surface area (Å²) in [6, 6.07) is 6.78. The molecule has 0 saturated carbocycles. The van der Waals surface area contributed by atoms with Gasteiger partial charge in [0.25, 0.3) is 0 Å². The molecule has 1 heterocycles. The van der Waals surface area contributed by atoms with Crippen molar-refractivity contribution in [3.8, 4) is 0 Å². The Morgan fingerprint density at radius 3 is 2.73 bits per heavy atom. The van der Waals surface area contributed by atoms with E-state index in [1.807, 2.05) is 0 Å². The van der Waals surface area contributed by atoms with Crippen molar-refractivity contribution >= 4 is 16.0 Å². The van der Waals surface area contributed by atoms with Gasteiger partial charge in [0.15, 0.2) is 5.96 Å². The molecular formula is C14H22N4O3S. The number of methoxy groups -OCH3 is 1. The number of ether oxygens (including phenoxy) is 1. The fourth-order valence-corrected chi connectivity index (χ4v) is 3.00. The van der Waals surface area contributed by atoms with Gasteiger partial charge >= 0.3 is 0 Å². The minimum absolute atomic E-state index is 0.250. The summed E-state index contributed by atoms with van der Waals surface area (Å²) in [7, 11) is -1.94. The van der Waals surface area contributed by atoms with E-state index in [0.717, 1.165) is 31.0 Å². The molecule has 0 saturated heterocycles. The van der Waals surface area contributed by atoms with Gasteiger partial charge in [0.05, 0.1) is 11.5 Å². The molecule has 8 heteroatoms. The Bertz CT molecular complexity index is 599. The zero-order valence-electron chi connectivity index (χ0n) is 12.6. The second kappa shape index (κ2) is 8.11. The topological polar surface area (TPSA) is 91.8 Å². The van der Waals surface area contributed by atoms with E-state index in [1.165, 1.54) is 7.11 Å². The highest BCUT2D eigenvalue weighted by Crippen LogP contribution is 2.10. The molecule has 0 amide bonds. The van der Waals surface area contributed by atoms with Gasteiger partial charge in [-0.1, -0.05) is 12.1 Å². The Hall–Kier alpha value is -1.64. The number of benzene rings is 1. The normalized spacial score (nSPS) is 15.0. The van der Waals surface area contributed by atoms with E-state index in [4.69, 9.17) is 4.74 Å². The van der Waals surface area contributed by atoms with Crippen LogP contribution in [0.25, 0.3) is 0 Å². The Kier molecular flexibility index (Phi) is 6.17. The monoisotopic (exact) mass is 326 g/mol. The van der Waals surface area contributed by atoms with Crippen LogP contribution in [0.4, 0.5) is 0 Å². The molecule has 0 radical (unpaired) electrons. The van der Waals surface area contributed by atoms with Crippen molar-refractivity contribution in [2.75, 3.05) is 33.4 Å². The molecule has 0 bridgehead atoms. The smallest absolute Gasteiger partial charge is 0.240 e. The van der Waals surface area contributed by atoms with Crippen LogP contribution >= 0.6 is 0 Å². The molecule has 1 aromatic rings. The zero-order chi connectivity index (χ0) is 15.8. The molecule has 2 rings (SSSR count). The second-order valence-electron chi connectivity index (χ2n) is 4.90. The average Bonchev–Trinajstić information content (AvgIpc) is 2.54. The lowest BCUT2D eigenvalue weighted by Crippen LogP contribution is -2.40. The van der Waals surface area contributed by atoms with Crippen molar-refractivity contribution in [1.82, 2.24) is 15.4 Å². The lowest BCUT2D eigenvalue weighted by molar-refractivity contribution is 0.204. The van der Waals surface area contributed by atoms with Gasteiger partial charge in [0.1, 0.15) is 0 Å². The number of hydrogen-bond donors (Lipinski definition) is 3. The predicted molar refractivity (Wildman–Crippen MR) is 85.3 cm³/mol. The number of sulfonamides is 1. The molecule has 22 heavy (non-hydrogen) atoms. The van der Waals surface area contributed by atoms with Gasteiger partial charge in [0, 0.05) is 33.3 Å². The van der Waals surface area contributed by atoms with E-state index in [2.05, 4.69) is 20.3 Å². The Morgan fingerprint density at radius 1 is 1.32 bits per heavy atom. The Balaban J connectivity index is 1.90. The third-order valence-electron chi connectivity index (χ3n) is 3.19. The standard InChI is InChI=1S/C14H22N4O3S/c1-21-10-9-18-22(19,20)13-5-3-12(4-6-13)11-17-14-15-7-2-8-16-14/h3-6,18H,2,7-11H2,1H3,(H2,15,16,17). The molecule has 0 aliphatic carbocycles. The van der Waals surface area contributed by atoms with Gasteiger partial charge in [0.2, 0.25) is 10.0 Å². The van der Waals surface area contributed by atoms with E-state index in [0.29, 0.717) is 13.2 Å². The SMILES string of the molecule is COCCNS(=O)(=O)c1ccc(CNC2=NCCCN2)cc1. The molecule has 7 nitrogen and oxygen atoms in total. The number of nitrogens with zero attached hydrogens (tertiary/aromatic N) is 1. The summed E-state index contributed by atoms with van der Waals surface area (Å²) in [6.45, 7) is 2.96. The molecule has 0 fully saturated rings. The first-order chi connectivity index (χ1) is 10.6. The van der Waals surface area contributed by atoms with Gasteiger partial charge in [-0.25, -0.2) is 13.1 Å². The average molecular weight is 326 g/mol. The van der Waals surface area contributed by atoms with Crippen molar-refractivity contribution in [2.45, 2.75) is 17.9 Å². The van der Waals surface area contributed by atoms with E-state index >= 15 is 0 Å². The first kappa shape index (κ1) is 16.7. The van der Waals surface area contributed by atoms with Crippen LogP contribution in [0.3, 0.4) is 0 Å². The minimum Gasteiger partial charge on any atom is -0.383 e. The maximum Gasteiger partial charge on any atom is 0.240 e. The maximum atomic E-state index is 12.0. The quantitative estimate of drug-likeness (QED) is 0.616. The van der Waals surface area contributed by atoms with Gasteiger partial charge in [-0.3, -0.25) is 4.99 Å². The first-order valence-corrected chi connectivity index (χ1v) is 8.70.